The Morgan fingerprint density at radius 1 is 0.933 bits per heavy atom. The van der Waals surface area contributed by atoms with Crippen molar-refractivity contribution in [2.24, 2.45) is 0 Å². The van der Waals surface area contributed by atoms with Crippen molar-refractivity contribution < 1.29 is 31.9 Å². The zero-order valence-electron chi connectivity index (χ0n) is 16.9. The zero-order chi connectivity index (χ0) is 21.9. The third-order valence-corrected chi connectivity index (χ3v) is 6.10. The Labute approximate surface area is 174 Å². The molecule has 0 atom stereocenters. The van der Waals surface area contributed by atoms with Crippen LogP contribution in [0.1, 0.15) is 20.9 Å². The van der Waals surface area contributed by atoms with Gasteiger partial charge in [-0.15, -0.1) is 0 Å². The number of furan rings is 1. The summed E-state index contributed by atoms with van der Waals surface area (Å²) in [6, 6.07) is 7.50. The predicted molar refractivity (Wildman–Crippen MR) is 106 cm³/mol. The molecule has 1 aromatic carbocycles. The van der Waals surface area contributed by atoms with Crippen LogP contribution in [0.4, 0.5) is 0 Å². The average molecular weight is 437 g/mol. The van der Waals surface area contributed by atoms with E-state index in [1.54, 1.807) is 23.1 Å². The fourth-order valence-electron chi connectivity index (χ4n) is 3.10. The molecule has 10 nitrogen and oxygen atoms in total. The molecule has 2 aromatic rings. The van der Waals surface area contributed by atoms with Crippen molar-refractivity contribution in [2.45, 2.75) is 5.09 Å². The zero-order valence-corrected chi connectivity index (χ0v) is 17.7. The molecular weight excluding hydrogens is 414 g/mol. The first-order valence-corrected chi connectivity index (χ1v) is 10.6. The summed E-state index contributed by atoms with van der Waals surface area (Å²) in [7, 11) is 0.513. The van der Waals surface area contributed by atoms with E-state index in [-0.39, 0.29) is 16.8 Å². The van der Waals surface area contributed by atoms with Crippen molar-refractivity contribution >= 4 is 21.8 Å². The Balaban J connectivity index is 1.64. The minimum Gasteiger partial charge on any atom is -0.493 e. The Morgan fingerprint density at radius 2 is 1.53 bits per heavy atom. The third-order valence-electron chi connectivity index (χ3n) is 4.81. The van der Waals surface area contributed by atoms with Crippen molar-refractivity contribution in [1.82, 2.24) is 14.5 Å². The van der Waals surface area contributed by atoms with Crippen LogP contribution in [0.25, 0.3) is 0 Å². The molecular formula is C19H23N3O7S. The number of piperazine rings is 1. The van der Waals surface area contributed by atoms with Gasteiger partial charge in [-0.1, -0.05) is 0 Å². The number of nitrogens with one attached hydrogen (secondary N) is 1. The highest BCUT2D eigenvalue weighted by Gasteiger charge is 2.28. The van der Waals surface area contributed by atoms with Crippen molar-refractivity contribution in [2.75, 3.05) is 47.4 Å². The van der Waals surface area contributed by atoms with E-state index in [4.69, 9.17) is 13.9 Å². The van der Waals surface area contributed by atoms with E-state index in [1.807, 2.05) is 0 Å². The number of hydrogen-bond acceptors (Lipinski definition) is 7. The standard InChI is InChI=1S/C19H23N3O7S/c1-20-30(25,26)17-7-6-15(29-17)19(24)22-10-8-21(9-11-22)18(23)13-4-5-14(27-2)16(12-13)28-3/h4-7,12,20H,8-11H2,1-3H3. The number of hydrogen-bond donors (Lipinski definition) is 1. The predicted octanol–water partition coefficient (Wildman–Crippen LogP) is 0.803. The molecule has 30 heavy (non-hydrogen) atoms. The van der Waals surface area contributed by atoms with Crippen LogP contribution < -0.4 is 14.2 Å². The van der Waals surface area contributed by atoms with E-state index in [1.165, 1.54) is 38.3 Å². The maximum Gasteiger partial charge on any atom is 0.289 e. The second-order valence-electron chi connectivity index (χ2n) is 6.48. The lowest BCUT2D eigenvalue weighted by molar-refractivity contribution is 0.0514. The smallest absolute Gasteiger partial charge is 0.289 e. The van der Waals surface area contributed by atoms with Crippen LogP contribution in [-0.4, -0.2) is 77.5 Å². The summed E-state index contributed by atoms with van der Waals surface area (Å²) in [5, 5.41) is -0.324. The minimum absolute atomic E-state index is 0.0662. The summed E-state index contributed by atoms with van der Waals surface area (Å²) in [6.45, 7) is 1.27. The summed E-state index contributed by atoms with van der Waals surface area (Å²) < 4.78 is 41.3. The molecule has 1 saturated heterocycles. The van der Waals surface area contributed by atoms with E-state index in [9.17, 15) is 18.0 Å². The third kappa shape index (κ3) is 4.26. The number of benzene rings is 1. The van der Waals surface area contributed by atoms with Crippen LogP contribution >= 0.6 is 0 Å². The lowest BCUT2D eigenvalue weighted by Gasteiger charge is -2.34. The molecule has 0 saturated carbocycles. The first kappa shape index (κ1) is 21.7. The quantitative estimate of drug-likeness (QED) is 0.710. The van der Waals surface area contributed by atoms with Crippen LogP contribution in [0, 0.1) is 0 Å². The molecule has 0 radical (unpaired) electrons. The molecule has 0 bridgehead atoms. The summed E-state index contributed by atoms with van der Waals surface area (Å²) in [6.07, 6.45) is 0. The molecule has 2 heterocycles. The first-order valence-electron chi connectivity index (χ1n) is 9.14. The van der Waals surface area contributed by atoms with Gasteiger partial charge in [-0.25, -0.2) is 13.1 Å². The molecule has 0 unspecified atom stereocenters. The Morgan fingerprint density at radius 3 is 2.10 bits per heavy atom. The van der Waals surface area contributed by atoms with E-state index in [0.29, 0.717) is 43.2 Å². The van der Waals surface area contributed by atoms with E-state index in [2.05, 4.69) is 4.72 Å². The maximum absolute atomic E-state index is 12.8. The van der Waals surface area contributed by atoms with Crippen LogP contribution in [0.5, 0.6) is 11.5 Å². The molecule has 0 aliphatic carbocycles. The van der Waals surface area contributed by atoms with Crippen molar-refractivity contribution in [1.29, 1.82) is 0 Å². The molecule has 162 valence electrons. The molecule has 11 heteroatoms. The van der Waals surface area contributed by atoms with Gasteiger partial charge in [0.15, 0.2) is 17.3 Å². The number of ether oxygens (including phenoxy) is 2. The number of amides is 2. The monoisotopic (exact) mass is 437 g/mol. The average Bonchev–Trinajstić information content (AvgIpc) is 3.29. The van der Waals surface area contributed by atoms with Gasteiger partial charge >= 0.3 is 0 Å². The van der Waals surface area contributed by atoms with E-state index in [0.717, 1.165) is 0 Å². The van der Waals surface area contributed by atoms with Crippen molar-refractivity contribution in [3.63, 3.8) is 0 Å². The second kappa shape index (κ2) is 8.76. The fraction of sp³-hybridized carbons (Fsp3) is 0.368. The van der Waals surface area contributed by atoms with E-state index < -0.39 is 15.9 Å². The van der Waals surface area contributed by atoms with Gasteiger partial charge in [0.2, 0.25) is 5.09 Å². The summed E-state index contributed by atoms with van der Waals surface area (Å²) in [4.78, 5) is 28.6. The first-order chi connectivity index (χ1) is 14.3. The topological polar surface area (TPSA) is 118 Å². The molecule has 1 aliphatic heterocycles. The van der Waals surface area contributed by atoms with Gasteiger partial charge in [0.25, 0.3) is 21.8 Å². The normalized spacial score (nSPS) is 14.5. The lowest BCUT2D eigenvalue weighted by atomic mass is 10.1. The highest BCUT2D eigenvalue weighted by atomic mass is 32.2. The Kier molecular flexibility index (Phi) is 6.32. The molecule has 1 aliphatic rings. The number of rotatable bonds is 6. The largest absolute Gasteiger partial charge is 0.493 e. The SMILES string of the molecule is CNS(=O)(=O)c1ccc(C(=O)N2CCN(C(=O)c3ccc(OC)c(OC)c3)CC2)o1. The van der Waals surface area contributed by atoms with Crippen LogP contribution in [0.3, 0.4) is 0 Å². The lowest BCUT2D eigenvalue weighted by Crippen LogP contribution is -2.50. The van der Waals surface area contributed by atoms with Crippen LogP contribution in [0.2, 0.25) is 0 Å². The molecule has 2 amide bonds. The Bertz CT molecular complexity index is 1040. The summed E-state index contributed by atoms with van der Waals surface area (Å²) >= 11 is 0. The number of carbonyl (C=O) groups excluding carboxylic acids is 2. The van der Waals surface area contributed by atoms with Gasteiger partial charge in [-0.2, -0.15) is 0 Å². The minimum atomic E-state index is -3.76. The molecule has 0 spiro atoms. The van der Waals surface area contributed by atoms with Crippen LogP contribution in [0.15, 0.2) is 39.8 Å². The van der Waals surface area contributed by atoms with Crippen molar-refractivity contribution in [3.05, 3.63) is 41.7 Å². The van der Waals surface area contributed by atoms with Crippen LogP contribution in [-0.2, 0) is 10.0 Å². The number of sulfonamides is 1. The van der Waals surface area contributed by atoms with Gasteiger partial charge in [-0.3, -0.25) is 9.59 Å². The highest BCUT2D eigenvalue weighted by Crippen LogP contribution is 2.28. The van der Waals surface area contributed by atoms with Gasteiger partial charge in [-0.05, 0) is 37.4 Å². The van der Waals surface area contributed by atoms with Gasteiger partial charge in [0.05, 0.1) is 14.2 Å². The molecule has 1 fully saturated rings. The summed E-state index contributed by atoms with van der Waals surface area (Å²) in [5.41, 5.74) is 0.459. The second-order valence-corrected chi connectivity index (χ2v) is 8.30. The molecule has 1 aromatic heterocycles. The van der Waals surface area contributed by atoms with Crippen molar-refractivity contribution in [3.8, 4) is 11.5 Å². The van der Waals surface area contributed by atoms with Gasteiger partial charge in [0.1, 0.15) is 0 Å². The summed E-state index contributed by atoms with van der Waals surface area (Å²) in [5.74, 6) is 0.322. The highest BCUT2D eigenvalue weighted by molar-refractivity contribution is 7.89. The number of methoxy groups -OCH3 is 2. The maximum atomic E-state index is 12.8. The number of carbonyl (C=O) groups is 2. The van der Waals surface area contributed by atoms with E-state index >= 15 is 0 Å². The fourth-order valence-corrected chi connectivity index (χ4v) is 3.75. The molecule has 1 N–H and O–H groups in total. The van der Waals surface area contributed by atoms with Gasteiger partial charge < -0.3 is 23.7 Å². The number of nitrogens with zero attached hydrogens (tertiary/aromatic N) is 2. The molecule has 3 rings (SSSR count). The van der Waals surface area contributed by atoms with Gasteiger partial charge in [0, 0.05) is 31.7 Å². The Hall–Kier alpha value is -3.05.